The molecule has 1 heterocycles. The highest BCUT2D eigenvalue weighted by Gasteiger charge is 2.33. The smallest absolute Gasteiger partial charge is 0.305 e. The lowest BCUT2D eigenvalue weighted by Crippen LogP contribution is -2.51. The Kier molecular flexibility index (Phi) is 5.83. The molecule has 1 aromatic rings. The molecule has 0 saturated carbocycles. The molecule has 1 saturated heterocycles. The molecule has 0 radical (unpaired) electrons. The van der Waals surface area contributed by atoms with Crippen molar-refractivity contribution in [2.75, 3.05) is 31.2 Å². The molecule has 0 bridgehead atoms. The predicted octanol–water partition coefficient (Wildman–Crippen LogP) is 2.14. The summed E-state index contributed by atoms with van der Waals surface area (Å²) in [5, 5.41) is 12.0. The van der Waals surface area contributed by atoms with E-state index in [2.05, 4.69) is 10.2 Å². The molecule has 1 aliphatic rings. The third-order valence-corrected chi connectivity index (χ3v) is 4.70. The third-order valence-electron chi connectivity index (χ3n) is 4.70. The highest BCUT2D eigenvalue weighted by atomic mass is 16.5. The summed E-state index contributed by atoms with van der Waals surface area (Å²) in [5.41, 5.74) is 0.808. The highest BCUT2D eigenvalue weighted by molar-refractivity contribution is 5.95. The first-order valence-electron chi connectivity index (χ1n) is 8.29. The van der Waals surface area contributed by atoms with E-state index in [9.17, 15) is 9.59 Å². The summed E-state index contributed by atoms with van der Waals surface area (Å²) in [6, 6.07) is 7.40. The molecule has 1 unspecified atom stereocenters. The molecule has 0 aromatic heterocycles. The number of nitrogens with one attached hydrogen (secondary N) is 1. The minimum absolute atomic E-state index is 0.00479. The van der Waals surface area contributed by atoms with E-state index < -0.39 is 11.5 Å². The fourth-order valence-corrected chi connectivity index (χ4v) is 2.68. The molecule has 6 heteroatoms. The number of rotatable bonds is 6. The number of amides is 1. The van der Waals surface area contributed by atoms with Crippen LogP contribution in [0.25, 0.3) is 0 Å². The zero-order valence-electron chi connectivity index (χ0n) is 14.5. The van der Waals surface area contributed by atoms with Crippen LogP contribution in [0.2, 0.25) is 0 Å². The van der Waals surface area contributed by atoms with Crippen LogP contribution in [0.4, 0.5) is 5.69 Å². The number of anilines is 1. The summed E-state index contributed by atoms with van der Waals surface area (Å²) in [4.78, 5) is 25.8. The van der Waals surface area contributed by atoms with Crippen molar-refractivity contribution in [1.29, 1.82) is 0 Å². The van der Waals surface area contributed by atoms with E-state index in [0.717, 1.165) is 18.8 Å². The van der Waals surface area contributed by atoms with Gasteiger partial charge >= 0.3 is 5.97 Å². The van der Waals surface area contributed by atoms with Crippen molar-refractivity contribution in [2.45, 2.75) is 32.7 Å². The van der Waals surface area contributed by atoms with Crippen molar-refractivity contribution < 1.29 is 19.4 Å². The molecule has 1 aromatic carbocycles. The number of aliphatic carboxylic acids is 1. The van der Waals surface area contributed by atoms with Gasteiger partial charge in [-0.1, -0.05) is 13.8 Å². The first kappa shape index (κ1) is 18.3. The number of carbonyl (C=O) groups is 2. The summed E-state index contributed by atoms with van der Waals surface area (Å²) < 4.78 is 5.34. The molecule has 2 N–H and O–H groups in total. The van der Waals surface area contributed by atoms with Crippen molar-refractivity contribution in [1.82, 2.24) is 5.32 Å². The molecular formula is C18H26N2O4. The Labute approximate surface area is 142 Å². The van der Waals surface area contributed by atoms with Crippen molar-refractivity contribution >= 4 is 17.6 Å². The summed E-state index contributed by atoms with van der Waals surface area (Å²) in [5.74, 6) is -1.17. The fraction of sp³-hybridized carbons (Fsp3) is 0.556. The van der Waals surface area contributed by atoms with Crippen LogP contribution in [-0.2, 0) is 9.53 Å². The maximum Gasteiger partial charge on any atom is 0.305 e. The van der Waals surface area contributed by atoms with Crippen LogP contribution in [0.3, 0.4) is 0 Å². The Balaban J connectivity index is 2.07. The second-order valence-corrected chi connectivity index (χ2v) is 6.74. The van der Waals surface area contributed by atoms with Gasteiger partial charge in [0, 0.05) is 24.3 Å². The monoisotopic (exact) mass is 334 g/mol. The summed E-state index contributed by atoms with van der Waals surface area (Å²) >= 11 is 0. The molecule has 2 rings (SSSR count). The molecule has 24 heavy (non-hydrogen) atoms. The van der Waals surface area contributed by atoms with Crippen LogP contribution in [0.15, 0.2) is 24.3 Å². The minimum atomic E-state index is -0.922. The Hall–Kier alpha value is -2.08. The van der Waals surface area contributed by atoms with E-state index in [4.69, 9.17) is 9.84 Å². The maximum absolute atomic E-state index is 12.5. The van der Waals surface area contributed by atoms with Crippen molar-refractivity contribution in [3.63, 3.8) is 0 Å². The highest BCUT2D eigenvalue weighted by Crippen LogP contribution is 2.22. The number of carboxylic acids is 1. The first-order valence-corrected chi connectivity index (χ1v) is 8.29. The van der Waals surface area contributed by atoms with Gasteiger partial charge in [-0.25, -0.2) is 0 Å². The molecule has 0 spiro atoms. The first-order chi connectivity index (χ1) is 11.3. The van der Waals surface area contributed by atoms with Gasteiger partial charge in [0.15, 0.2) is 0 Å². The van der Waals surface area contributed by atoms with E-state index in [1.54, 1.807) is 19.1 Å². The summed E-state index contributed by atoms with van der Waals surface area (Å²) in [6.07, 6.45) is -0.109. The SMILES string of the molecule is CC(C)C(C)(CC(=O)O)NC(=O)c1ccc(N2CCOCC2)cc1. The second-order valence-electron chi connectivity index (χ2n) is 6.74. The quantitative estimate of drug-likeness (QED) is 0.833. The Morgan fingerprint density at radius 2 is 1.83 bits per heavy atom. The van der Waals surface area contributed by atoms with Crippen LogP contribution in [0, 0.1) is 5.92 Å². The molecule has 1 aliphatic heterocycles. The standard InChI is InChI=1S/C18H26N2O4/c1-13(2)18(3,12-16(21)22)19-17(23)14-4-6-15(7-5-14)20-8-10-24-11-9-20/h4-7,13H,8-12H2,1-3H3,(H,19,23)(H,21,22). The van der Waals surface area contributed by atoms with Crippen molar-refractivity contribution in [3.05, 3.63) is 29.8 Å². The molecule has 1 amide bonds. The van der Waals surface area contributed by atoms with Crippen LogP contribution in [-0.4, -0.2) is 48.8 Å². The van der Waals surface area contributed by atoms with E-state index in [1.807, 2.05) is 26.0 Å². The maximum atomic E-state index is 12.5. The van der Waals surface area contributed by atoms with E-state index >= 15 is 0 Å². The molecule has 1 fully saturated rings. The van der Waals surface area contributed by atoms with Crippen LogP contribution < -0.4 is 10.2 Å². The van der Waals surface area contributed by atoms with Gasteiger partial charge in [-0.15, -0.1) is 0 Å². The Bertz CT molecular complexity index is 579. The molecular weight excluding hydrogens is 308 g/mol. The fourth-order valence-electron chi connectivity index (χ4n) is 2.68. The molecule has 6 nitrogen and oxygen atoms in total. The van der Waals surface area contributed by atoms with Crippen LogP contribution in [0.5, 0.6) is 0 Å². The van der Waals surface area contributed by atoms with E-state index in [1.165, 1.54) is 0 Å². The average Bonchev–Trinajstić information content (AvgIpc) is 2.55. The number of hydrogen-bond donors (Lipinski definition) is 2. The number of nitrogens with zero attached hydrogens (tertiary/aromatic N) is 1. The summed E-state index contributed by atoms with van der Waals surface area (Å²) in [6.45, 7) is 8.70. The average molecular weight is 334 g/mol. The summed E-state index contributed by atoms with van der Waals surface area (Å²) in [7, 11) is 0. The van der Waals surface area contributed by atoms with Gasteiger partial charge in [0.1, 0.15) is 0 Å². The topological polar surface area (TPSA) is 78.9 Å². The lowest BCUT2D eigenvalue weighted by molar-refractivity contribution is -0.138. The number of benzene rings is 1. The zero-order valence-corrected chi connectivity index (χ0v) is 14.5. The number of carbonyl (C=O) groups excluding carboxylic acids is 1. The van der Waals surface area contributed by atoms with Gasteiger partial charge in [-0.3, -0.25) is 9.59 Å². The van der Waals surface area contributed by atoms with E-state index in [-0.39, 0.29) is 18.2 Å². The molecule has 132 valence electrons. The molecule has 0 aliphatic carbocycles. The number of carboxylic acid groups (broad SMARTS) is 1. The zero-order chi connectivity index (χ0) is 17.7. The largest absolute Gasteiger partial charge is 0.481 e. The van der Waals surface area contributed by atoms with Crippen molar-refractivity contribution in [2.24, 2.45) is 5.92 Å². The normalized spacial score (nSPS) is 17.4. The van der Waals surface area contributed by atoms with Gasteiger partial charge in [0.05, 0.1) is 25.2 Å². The lowest BCUT2D eigenvalue weighted by Gasteiger charge is -2.33. The number of ether oxygens (including phenoxy) is 1. The van der Waals surface area contributed by atoms with Gasteiger partial charge in [-0.05, 0) is 37.1 Å². The van der Waals surface area contributed by atoms with Gasteiger partial charge in [-0.2, -0.15) is 0 Å². The van der Waals surface area contributed by atoms with Gasteiger partial charge < -0.3 is 20.1 Å². The predicted molar refractivity (Wildman–Crippen MR) is 92.4 cm³/mol. The van der Waals surface area contributed by atoms with Crippen LogP contribution >= 0.6 is 0 Å². The molecule has 1 atom stereocenters. The third kappa shape index (κ3) is 4.47. The Morgan fingerprint density at radius 3 is 2.33 bits per heavy atom. The number of morpholine rings is 1. The lowest BCUT2D eigenvalue weighted by atomic mass is 9.85. The number of hydrogen-bond acceptors (Lipinski definition) is 4. The minimum Gasteiger partial charge on any atom is -0.481 e. The van der Waals surface area contributed by atoms with Crippen molar-refractivity contribution in [3.8, 4) is 0 Å². The Morgan fingerprint density at radius 1 is 1.25 bits per heavy atom. The van der Waals surface area contributed by atoms with Crippen LogP contribution in [0.1, 0.15) is 37.6 Å². The van der Waals surface area contributed by atoms with Gasteiger partial charge in [0.2, 0.25) is 0 Å². The van der Waals surface area contributed by atoms with E-state index in [0.29, 0.717) is 18.8 Å². The second kappa shape index (κ2) is 7.66. The van der Waals surface area contributed by atoms with Gasteiger partial charge in [0.25, 0.3) is 5.91 Å².